The fourth-order valence-corrected chi connectivity index (χ4v) is 11.9. The van der Waals surface area contributed by atoms with Crippen LogP contribution in [0, 0.1) is 0 Å². The summed E-state index contributed by atoms with van der Waals surface area (Å²) >= 11 is 0. The van der Waals surface area contributed by atoms with E-state index < -0.39 is 0 Å². The van der Waals surface area contributed by atoms with Crippen LogP contribution in [0.4, 0.5) is 11.4 Å². The molecule has 65 heavy (non-hydrogen) atoms. The average molecular weight is 829 g/mol. The molecule has 0 saturated heterocycles. The van der Waals surface area contributed by atoms with Crippen molar-refractivity contribution in [2.45, 2.75) is 32.1 Å². The highest BCUT2D eigenvalue weighted by Crippen LogP contribution is 2.48. The molecule has 0 atom stereocenters. The minimum atomic E-state index is 0.926. The van der Waals surface area contributed by atoms with E-state index in [1.165, 1.54) is 139 Å². The molecule has 2 heteroatoms. The zero-order valence-electron chi connectivity index (χ0n) is 36.0. The number of aromatic amines is 1. The molecule has 2 nitrogen and oxygen atoms in total. The molecular weight excluding hydrogens is 785 g/mol. The van der Waals surface area contributed by atoms with Crippen LogP contribution >= 0.6 is 0 Å². The van der Waals surface area contributed by atoms with Crippen molar-refractivity contribution >= 4 is 38.8 Å². The maximum atomic E-state index is 3.67. The van der Waals surface area contributed by atoms with Crippen molar-refractivity contribution in [1.29, 1.82) is 0 Å². The number of anilines is 2. The highest BCUT2D eigenvalue weighted by Gasteiger charge is 2.27. The Morgan fingerprint density at radius 3 is 1.48 bits per heavy atom. The minimum Gasteiger partial charge on any atom is -0.355 e. The van der Waals surface area contributed by atoms with Crippen LogP contribution in [0.15, 0.2) is 206 Å². The van der Waals surface area contributed by atoms with Gasteiger partial charge in [-0.15, -0.1) is 0 Å². The third-order valence-electron chi connectivity index (χ3n) is 14.9. The van der Waals surface area contributed by atoms with E-state index in [1.54, 1.807) is 0 Å². The van der Waals surface area contributed by atoms with Crippen LogP contribution in [-0.2, 0) is 19.3 Å². The van der Waals surface area contributed by atoms with Crippen LogP contribution in [0.5, 0.6) is 0 Å². The van der Waals surface area contributed by atoms with Crippen molar-refractivity contribution in [3.63, 3.8) is 0 Å². The summed E-state index contributed by atoms with van der Waals surface area (Å²) in [5.74, 6) is 0. The third kappa shape index (κ3) is 5.67. The van der Waals surface area contributed by atoms with Gasteiger partial charge in [-0.3, -0.25) is 0 Å². The number of benzene rings is 9. The second-order valence-corrected chi connectivity index (χ2v) is 18.3. The molecule has 0 spiro atoms. The van der Waals surface area contributed by atoms with E-state index in [-0.39, 0.29) is 0 Å². The van der Waals surface area contributed by atoms with Gasteiger partial charge in [-0.05, 0) is 175 Å². The molecule has 1 aromatic heterocycles. The summed E-state index contributed by atoms with van der Waals surface area (Å²) in [4.78, 5) is 6.17. The molecule has 0 aliphatic heterocycles. The number of allylic oxidation sites excluding steroid dienone is 4. The Hall–Kier alpha value is -7.94. The van der Waals surface area contributed by atoms with Gasteiger partial charge in [0.2, 0.25) is 0 Å². The Morgan fingerprint density at radius 1 is 0.338 bits per heavy atom. The first-order valence-electron chi connectivity index (χ1n) is 23.2. The van der Waals surface area contributed by atoms with E-state index in [2.05, 4.69) is 210 Å². The van der Waals surface area contributed by atoms with Crippen LogP contribution in [0.1, 0.15) is 51.8 Å². The molecule has 1 N–H and O–H groups in total. The minimum absolute atomic E-state index is 0.926. The standard InChI is InChI=1S/C63H44N2/c1-3-12-50-42(10-1)36-57-47(15-7-18-52(50)57)39-22-28-44(29-23-39)65(45-30-24-40(25-31-45)48-16-8-19-53-51-13-4-2-11-43(51)37-58(48)53)46-32-26-41(27-33-46)49-17-9-20-54-55-34-35-62-63(60(55)38-59(49)54)56-14-5-6-21-61(56)64-62/h1-24,26-30,32-35,64H,25,31,36-38H2. The summed E-state index contributed by atoms with van der Waals surface area (Å²) < 4.78 is 0. The van der Waals surface area contributed by atoms with Crippen LogP contribution in [-0.4, -0.2) is 4.98 Å². The van der Waals surface area contributed by atoms with E-state index in [4.69, 9.17) is 0 Å². The van der Waals surface area contributed by atoms with E-state index in [9.17, 15) is 0 Å². The summed E-state index contributed by atoms with van der Waals surface area (Å²) in [6, 6.07) is 70.3. The average Bonchev–Trinajstić information content (AvgIpc) is 4.15. The number of nitrogens with one attached hydrogen (secondary N) is 1. The van der Waals surface area contributed by atoms with E-state index >= 15 is 0 Å². The third-order valence-corrected chi connectivity index (χ3v) is 14.9. The fraction of sp³-hybridized carbons (Fsp3) is 0.0794. The first-order valence-corrected chi connectivity index (χ1v) is 23.2. The van der Waals surface area contributed by atoms with Gasteiger partial charge >= 0.3 is 0 Å². The zero-order valence-corrected chi connectivity index (χ0v) is 36.0. The molecule has 306 valence electrons. The fourth-order valence-electron chi connectivity index (χ4n) is 11.9. The Bertz CT molecular complexity index is 3670. The topological polar surface area (TPSA) is 19.0 Å². The van der Waals surface area contributed by atoms with E-state index in [0.29, 0.717) is 0 Å². The van der Waals surface area contributed by atoms with Gasteiger partial charge in [0, 0.05) is 38.9 Å². The molecule has 0 unspecified atom stereocenters. The number of hydrogen-bond donors (Lipinski definition) is 1. The van der Waals surface area contributed by atoms with Gasteiger partial charge < -0.3 is 9.88 Å². The predicted octanol–water partition coefficient (Wildman–Crippen LogP) is 16.3. The summed E-state index contributed by atoms with van der Waals surface area (Å²) in [5, 5.41) is 2.67. The van der Waals surface area contributed by atoms with Gasteiger partial charge in [0.05, 0.1) is 0 Å². The molecule has 14 rings (SSSR count). The van der Waals surface area contributed by atoms with Crippen molar-refractivity contribution in [2.75, 3.05) is 4.90 Å². The molecule has 0 radical (unpaired) electrons. The van der Waals surface area contributed by atoms with Crippen molar-refractivity contribution in [1.82, 2.24) is 4.98 Å². The second kappa shape index (κ2) is 14.3. The summed E-state index contributed by atoms with van der Waals surface area (Å²) in [7, 11) is 0. The Kier molecular flexibility index (Phi) is 8.03. The van der Waals surface area contributed by atoms with Crippen LogP contribution in [0.25, 0.3) is 83.0 Å². The van der Waals surface area contributed by atoms with Crippen molar-refractivity contribution in [3.05, 3.63) is 245 Å². The van der Waals surface area contributed by atoms with E-state index in [0.717, 1.165) is 32.1 Å². The van der Waals surface area contributed by atoms with Crippen LogP contribution < -0.4 is 4.90 Å². The highest BCUT2D eigenvalue weighted by molar-refractivity contribution is 6.12. The first-order chi connectivity index (χ1) is 32.2. The van der Waals surface area contributed by atoms with Gasteiger partial charge in [0.1, 0.15) is 0 Å². The van der Waals surface area contributed by atoms with Gasteiger partial charge in [-0.25, -0.2) is 0 Å². The maximum Gasteiger partial charge on any atom is 0.0468 e. The van der Waals surface area contributed by atoms with Gasteiger partial charge in [-0.1, -0.05) is 158 Å². The van der Waals surface area contributed by atoms with Crippen molar-refractivity contribution in [3.8, 4) is 55.6 Å². The number of aromatic nitrogens is 1. The Balaban J connectivity index is 0.836. The molecule has 1 heterocycles. The number of nitrogens with zero attached hydrogens (tertiary/aromatic N) is 1. The molecule has 0 amide bonds. The Morgan fingerprint density at radius 2 is 0.846 bits per heavy atom. The quantitative estimate of drug-likeness (QED) is 0.177. The lowest BCUT2D eigenvalue weighted by Crippen LogP contribution is -2.18. The number of rotatable bonds is 6. The number of H-pyrrole nitrogens is 1. The molecule has 0 fully saturated rings. The lowest BCUT2D eigenvalue weighted by atomic mass is 9.89. The highest BCUT2D eigenvalue weighted by atomic mass is 15.1. The lowest BCUT2D eigenvalue weighted by molar-refractivity contribution is 0.928. The molecule has 0 bridgehead atoms. The number of fused-ring (bicyclic) bond motifs is 13. The first kappa shape index (κ1) is 36.5. The molecule has 10 aromatic rings. The smallest absolute Gasteiger partial charge is 0.0468 e. The molecular formula is C63H44N2. The monoisotopic (exact) mass is 828 g/mol. The largest absolute Gasteiger partial charge is 0.355 e. The summed E-state index contributed by atoms with van der Waals surface area (Å²) in [6.07, 6.45) is 9.62. The normalized spacial score (nSPS) is 14.0. The zero-order chi connectivity index (χ0) is 42.6. The summed E-state index contributed by atoms with van der Waals surface area (Å²) in [6.45, 7) is 0. The Labute approximate surface area is 379 Å². The molecule has 9 aromatic carbocycles. The van der Waals surface area contributed by atoms with Crippen molar-refractivity contribution < 1.29 is 0 Å². The number of hydrogen-bond acceptors (Lipinski definition) is 1. The second-order valence-electron chi connectivity index (χ2n) is 18.3. The molecule has 4 aliphatic rings. The van der Waals surface area contributed by atoms with Gasteiger partial charge in [-0.2, -0.15) is 0 Å². The maximum absolute atomic E-state index is 3.67. The SMILES string of the molecule is C1=C(c2cccc3c2Cc2ccccc2-3)CCC(N(c2ccc(-c3cccc4c3Cc3ccccc3-4)cc2)c2ccc(-c3cccc4c3Cc3c-4ccc4[nH]c5ccccc5c34)cc2)=C1. The van der Waals surface area contributed by atoms with Crippen molar-refractivity contribution in [2.24, 2.45) is 0 Å². The molecule has 4 aliphatic carbocycles. The lowest BCUT2D eigenvalue weighted by Gasteiger charge is -2.30. The molecule has 0 saturated carbocycles. The summed E-state index contributed by atoms with van der Waals surface area (Å²) in [5.41, 5.74) is 30.9. The van der Waals surface area contributed by atoms with Gasteiger partial charge in [0.25, 0.3) is 0 Å². The predicted molar refractivity (Wildman–Crippen MR) is 272 cm³/mol. The van der Waals surface area contributed by atoms with Crippen LogP contribution in [0.2, 0.25) is 0 Å². The van der Waals surface area contributed by atoms with E-state index in [1.807, 2.05) is 0 Å². The van der Waals surface area contributed by atoms with Gasteiger partial charge in [0.15, 0.2) is 0 Å². The number of para-hydroxylation sites is 1. The van der Waals surface area contributed by atoms with Crippen LogP contribution in [0.3, 0.4) is 0 Å².